The summed E-state index contributed by atoms with van der Waals surface area (Å²) in [6, 6.07) is 13.5. The zero-order valence-corrected chi connectivity index (χ0v) is 13.3. The van der Waals surface area contributed by atoms with Crippen LogP contribution in [-0.2, 0) is 9.59 Å². The van der Waals surface area contributed by atoms with E-state index >= 15 is 0 Å². The Hall–Kier alpha value is -1.81. The molecule has 0 radical (unpaired) electrons. The van der Waals surface area contributed by atoms with Crippen molar-refractivity contribution < 1.29 is 9.59 Å². The Bertz CT molecular complexity index is 815. The van der Waals surface area contributed by atoms with E-state index in [1.165, 1.54) is 0 Å². The SMILES string of the molecule is O=C1C(Cl)=C(c2ccccc2)C(=O)N1c1cccc(Cl)c1Cl. The molecule has 0 spiro atoms. The second-order valence-corrected chi connectivity index (χ2v) is 5.74. The monoisotopic (exact) mass is 351 g/mol. The van der Waals surface area contributed by atoms with E-state index in [0.717, 1.165) is 4.90 Å². The normalized spacial score (nSPS) is 15.0. The number of carbonyl (C=O) groups excluding carboxylic acids is 2. The van der Waals surface area contributed by atoms with Gasteiger partial charge < -0.3 is 0 Å². The van der Waals surface area contributed by atoms with E-state index in [0.29, 0.717) is 5.56 Å². The largest absolute Gasteiger partial charge is 0.277 e. The number of nitrogens with zero attached hydrogens (tertiary/aromatic N) is 1. The van der Waals surface area contributed by atoms with Crippen LogP contribution in [0.25, 0.3) is 5.57 Å². The first-order chi connectivity index (χ1) is 10.5. The number of anilines is 1. The van der Waals surface area contributed by atoms with Crippen molar-refractivity contribution in [1.82, 2.24) is 0 Å². The molecule has 3 nitrogen and oxygen atoms in total. The van der Waals surface area contributed by atoms with Crippen LogP contribution in [0.5, 0.6) is 0 Å². The maximum atomic E-state index is 12.7. The third-order valence-corrected chi connectivity index (χ3v) is 4.42. The second-order valence-electron chi connectivity index (χ2n) is 4.57. The number of imide groups is 1. The molecule has 2 aromatic carbocycles. The number of halogens is 3. The van der Waals surface area contributed by atoms with Gasteiger partial charge in [-0.1, -0.05) is 71.2 Å². The number of hydrogen-bond donors (Lipinski definition) is 0. The molecule has 0 unspecified atom stereocenters. The summed E-state index contributed by atoms with van der Waals surface area (Å²) in [5, 5.41) is 0.251. The van der Waals surface area contributed by atoms with E-state index in [2.05, 4.69) is 0 Å². The Morgan fingerprint density at radius 2 is 1.45 bits per heavy atom. The van der Waals surface area contributed by atoms with Crippen LogP contribution in [0.2, 0.25) is 10.0 Å². The Balaban J connectivity index is 2.11. The summed E-state index contributed by atoms with van der Waals surface area (Å²) in [6.45, 7) is 0. The van der Waals surface area contributed by atoms with E-state index in [1.54, 1.807) is 42.5 Å². The van der Waals surface area contributed by atoms with Gasteiger partial charge in [-0.3, -0.25) is 9.59 Å². The van der Waals surface area contributed by atoms with Crippen molar-refractivity contribution in [3.8, 4) is 0 Å². The lowest BCUT2D eigenvalue weighted by molar-refractivity contribution is -0.119. The van der Waals surface area contributed by atoms with Crippen LogP contribution in [0.1, 0.15) is 5.56 Å². The standard InChI is InChI=1S/C16H8Cl3NO2/c17-10-7-4-8-11(13(10)18)20-15(21)12(14(19)16(20)22)9-5-2-1-3-6-9/h1-8H. The van der Waals surface area contributed by atoms with Crippen molar-refractivity contribution in [2.45, 2.75) is 0 Å². The Labute approximate surface area is 141 Å². The van der Waals surface area contributed by atoms with Gasteiger partial charge in [0.2, 0.25) is 0 Å². The molecule has 6 heteroatoms. The van der Waals surface area contributed by atoms with Crippen molar-refractivity contribution >= 4 is 57.9 Å². The zero-order valence-electron chi connectivity index (χ0n) is 11.0. The van der Waals surface area contributed by atoms with Crippen molar-refractivity contribution in [2.75, 3.05) is 4.90 Å². The van der Waals surface area contributed by atoms with Gasteiger partial charge in [0.25, 0.3) is 11.8 Å². The van der Waals surface area contributed by atoms with Gasteiger partial charge in [-0.25, -0.2) is 4.90 Å². The molecule has 1 aliphatic heterocycles. The number of amides is 2. The lowest BCUT2D eigenvalue weighted by Crippen LogP contribution is -2.31. The van der Waals surface area contributed by atoms with Gasteiger partial charge in [0.15, 0.2) is 0 Å². The van der Waals surface area contributed by atoms with E-state index in [9.17, 15) is 9.59 Å². The molecule has 0 N–H and O–H groups in total. The maximum Gasteiger partial charge on any atom is 0.277 e. The summed E-state index contributed by atoms with van der Waals surface area (Å²) in [5.74, 6) is -1.14. The fourth-order valence-electron chi connectivity index (χ4n) is 2.24. The molecular weight excluding hydrogens is 345 g/mol. The fraction of sp³-hybridized carbons (Fsp3) is 0. The topological polar surface area (TPSA) is 37.4 Å². The zero-order chi connectivity index (χ0) is 15.9. The molecule has 2 amide bonds. The van der Waals surface area contributed by atoms with Gasteiger partial charge >= 0.3 is 0 Å². The lowest BCUT2D eigenvalue weighted by Gasteiger charge is -2.16. The fourth-order valence-corrected chi connectivity index (χ4v) is 2.90. The highest BCUT2D eigenvalue weighted by molar-refractivity contribution is 6.61. The number of benzene rings is 2. The summed E-state index contributed by atoms with van der Waals surface area (Å²) in [4.78, 5) is 26.0. The second kappa shape index (κ2) is 5.76. The summed E-state index contributed by atoms with van der Waals surface area (Å²) in [7, 11) is 0. The van der Waals surface area contributed by atoms with Crippen molar-refractivity contribution in [3.63, 3.8) is 0 Å². The van der Waals surface area contributed by atoms with Crippen LogP contribution in [0.15, 0.2) is 53.6 Å². The average Bonchev–Trinajstić information content (AvgIpc) is 2.74. The minimum atomic E-state index is -0.616. The summed E-state index contributed by atoms with van der Waals surface area (Å²) in [5.41, 5.74) is 0.947. The highest BCUT2D eigenvalue weighted by Gasteiger charge is 2.40. The van der Waals surface area contributed by atoms with E-state index in [-0.39, 0.29) is 26.3 Å². The summed E-state index contributed by atoms with van der Waals surface area (Å²) < 4.78 is 0. The number of carbonyl (C=O) groups is 2. The smallest absolute Gasteiger partial charge is 0.268 e. The first-order valence-corrected chi connectivity index (χ1v) is 7.43. The van der Waals surface area contributed by atoms with E-state index in [4.69, 9.17) is 34.8 Å². The Morgan fingerprint density at radius 3 is 2.14 bits per heavy atom. The molecule has 22 heavy (non-hydrogen) atoms. The number of hydrogen-bond acceptors (Lipinski definition) is 2. The number of rotatable bonds is 2. The van der Waals surface area contributed by atoms with Crippen molar-refractivity contribution in [3.05, 3.63) is 69.2 Å². The lowest BCUT2D eigenvalue weighted by atomic mass is 10.1. The first kappa shape index (κ1) is 15.1. The van der Waals surface area contributed by atoms with Crippen LogP contribution < -0.4 is 4.90 Å². The van der Waals surface area contributed by atoms with Gasteiger partial charge in [0, 0.05) is 0 Å². The van der Waals surface area contributed by atoms with Crippen molar-refractivity contribution in [2.24, 2.45) is 0 Å². The highest BCUT2D eigenvalue weighted by Crippen LogP contribution is 2.39. The van der Waals surface area contributed by atoms with Gasteiger partial charge in [-0.2, -0.15) is 0 Å². The minimum Gasteiger partial charge on any atom is -0.268 e. The molecule has 0 bridgehead atoms. The summed E-state index contributed by atoms with van der Waals surface area (Å²) in [6.07, 6.45) is 0. The average molecular weight is 353 g/mol. The third-order valence-electron chi connectivity index (χ3n) is 3.26. The molecule has 3 rings (SSSR count). The van der Waals surface area contributed by atoms with Gasteiger partial charge in [0.05, 0.1) is 21.3 Å². The van der Waals surface area contributed by atoms with Crippen LogP contribution in [0, 0.1) is 0 Å². The van der Waals surface area contributed by atoms with Crippen LogP contribution >= 0.6 is 34.8 Å². The first-order valence-electron chi connectivity index (χ1n) is 6.30. The molecule has 0 saturated carbocycles. The van der Waals surface area contributed by atoms with E-state index < -0.39 is 11.8 Å². The molecule has 0 atom stereocenters. The van der Waals surface area contributed by atoms with E-state index in [1.807, 2.05) is 6.07 Å². The molecular formula is C16H8Cl3NO2. The predicted molar refractivity (Wildman–Crippen MR) is 88.2 cm³/mol. The van der Waals surface area contributed by atoms with Gasteiger partial charge in [-0.05, 0) is 17.7 Å². The summed E-state index contributed by atoms with van der Waals surface area (Å²) >= 11 is 18.1. The predicted octanol–water partition coefficient (Wildman–Crippen LogP) is 4.52. The minimum absolute atomic E-state index is 0.129. The van der Waals surface area contributed by atoms with Crippen LogP contribution in [-0.4, -0.2) is 11.8 Å². The maximum absolute atomic E-state index is 12.7. The Kier molecular flexibility index (Phi) is 3.96. The van der Waals surface area contributed by atoms with Gasteiger partial charge in [-0.15, -0.1) is 0 Å². The third kappa shape index (κ3) is 2.31. The molecule has 0 saturated heterocycles. The van der Waals surface area contributed by atoms with Crippen LogP contribution in [0.4, 0.5) is 5.69 Å². The highest BCUT2D eigenvalue weighted by atomic mass is 35.5. The Morgan fingerprint density at radius 1 is 0.773 bits per heavy atom. The molecule has 110 valence electrons. The molecule has 0 fully saturated rings. The van der Waals surface area contributed by atoms with Crippen molar-refractivity contribution in [1.29, 1.82) is 0 Å². The molecule has 0 aromatic heterocycles. The molecule has 2 aromatic rings. The molecule has 0 aliphatic carbocycles. The van der Waals surface area contributed by atoms with Gasteiger partial charge in [0.1, 0.15) is 5.03 Å². The molecule has 1 aliphatic rings. The quantitative estimate of drug-likeness (QED) is 0.745. The molecule has 1 heterocycles. The van der Waals surface area contributed by atoms with Crippen LogP contribution in [0.3, 0.4) is 0 Å².